The van der Waals surface area contributed by atoms with Gasteiger partial charge in [-0.2, -0.15) is 0 Å². The summed E-state index contributed by atoms with van der Waals surface area (Å²) in [4.78, 5) is 0. The normalized spacial score (nSPS) is 12.6. The van der Waals surface area contributed by atoms with Crippen molar-refractivity contribution < 1.29 is 4.74 Å². The van der Waals surface area contributed by atoms with E-state index in [-0.39, 0.29) is 6.10 Å². The van der Waals surface area contributed by atoms with Crippen LogP contribution < -0.4 is 4.74 Å². The van der Waals surface area contributed by atoms with Gasteiger partial charge in [-0.1, -0.05) is 12.1 Å². The molecule has 66 valence electrons. The van der Waals surface area contributed by atoms with E-state index in [0.717, 1.165) is 5.75 Å². The number of aryl methyl sites for hydroxylation is 1. The third kappa shape index (κ3) is 2.74. The number of hydrogen-bond acceptors (Lipinski definition) is 1. The zero-order chi connectivity index (χ0) is 8.97. The van der Waals surface area contributed by atoms with Gasteiger partial charge in [-0.15, -0.1) is 11.6 Å². The Morgan fingerprint density at radius 2 is 2.25 bits per heavy atom. The lowest BCUT2D eigenvalue weighted by molar-refractivity contribution is 0.245. The quantitative estimate of drug-likeness (QED) is 0.657. The Bertz CT molecular complexity index is 247. The second kappa shape index (κ2) is 4.36. The van der Waals surface area contributed by atoms with Crippen molar-refractivity contribution in [3.8, 4) is 5.75 Å². The molecular weight excluding hydrogens is 172 g/mol. The molecule has 0 bridgehead atoms. The summed E-state index contributed by atoms with van der Waals surface area (Å²) >= 11 is 5.62. The van der Waals surface area contributed by atoms with Crippen molar-refractivity contribution >= 4 is 11.6 Å². The summed E-state index contributed by atoms with van der Waals surface area (Å²) in [6.45, 7) is 3.99. The van der Waals surface area contributed by atoms with Gasteiger partial charge in [0.2, 0.25) is 0 Å². The minimum absolute atomic E-state index is 0.0773. The Morgan fingerprint density at radius 3 is 2.83 bits per heavy atom. The molecule has 1 nitrogen and oxygen atoms in total. The smallest absolute Gasteiger partial charge is 0.120 e. The Labute approximate surface area is 78.3 Å². The Hall–Kier alpha value is -0.690. The fourth-order valence-corrected chi connectivity index (χ4v) is 1.02. The molecule has 0 amide bonds. The van der Waals surface area contributed by atoms with E-state index in [9.17, 15) is 0 Å². The largest absolute Gasteiger partial charge is 0.489 e. The van der Waals surface area contributed by atoms with E-state index in [1.807, 2.05) is 38.1 Å². The molecular formula is C10H13ClO. The number of ether oxygens (including phenoxy) is 1. The van der Waals surface area contributed by atoms with Crippen LogP contribution in [0.2, 0.25) is 0 Å². The van der Waals surface area contributed by atoms with Gasteiger partial charge in [-0.05, 0) is 31.5 Å². The third-order valence-electron chi connectivity index (χ3n) is 1.54. The summed E-state index contributed by atoms with van der Waals surface area (Å²) in [5.41, 5.74) is 1.20. The summed E-state index contributed by atoms with van der Waals surface area (Å²) in [5, 5.41) is 0. The van der Waals surface area contributed by atoms with E-state index in [2.05, 4.69) is 0 Å². The van der Waals surface area contributed by atoms with Crippen LogP contribution in [0.5, 0.6) is 5.75 Å². The predicted molar refractivity (Wildman–Crippen MR) is 52.0 cm³/mol. The molecule has 0 radical (unpaired) electrons. The molecule has 1 rings (SSSR count). The molecule has 0 saturated carbocycles. The van der Waals surface area contributed by atoms with Crippen molar-refractivity contribution in [3.63, 3.8) is 0 Å². The summed E-state index contributed by atoms with van der Waals surface area (Å²) < 4.78 is 5.51. The van der Waals surface area contributed by atoms with Gasteiger partial charge in [0.05, 0.1) is 5.88 Å². The second-order valence-electron chi connectivity index (χ2n) is 2.90. The van der Waals surface area contributed by atoms with Gasteiger partial charge in [0.1, 0.15) is 11.9 Å². The van der Waals surface area contributed by atoms with Crippen molar-refractivity contribution in [3.05, 3.63) is 29.8 Å². The van der Waals surface area contributed by atoms with E-state index in [1.165, 1.54) is 5.56 Å². The van der Waals surface area contributed by atoms with Gasteiger partial charge in [0, 0.05) is 0 Å². The van der Waals surface area contributed by atoms with Crippen molar-refractivity contribution in [1.29, 1.82) is 0 Å². The molecule has 2 heteroatoms. The zero-order valence-electron chi connectivity index (χ0n) is 7.38. The molecule has 1 atom stereocenters. The molecule has 0 N–H and O–H groups in total. The molecule has 0 saturated heterocycles. The average Bonchev–Trinajstić information content (AvgIpc) is 2.04. The van der Waals surface area contributed by atoms with Gasteiger partial charge in [0.15, 0.2) is 0 Å². The highest BCUT2D eigenvalue weighted by Crippen LogP contribution is 2.14. The minimum atomic E-state index is 0.0773. The summed E-state index contributed by atoms with van der Waals surface area (Å²) in [5.74, 6) is 1.41. The lowest BCUT2D eigenvalue weighted by Crippen LogP contribution is -2.12. The lowest BCUT2D eigenvalue weighted by Gasteiger charge is -2.11. The predicted octanol–water partition coefficient (Wildman–Crippen LogP) is 3.00. The fourth-order valence-electron chi connectivity index (χ4n) is 0.952. The van der Waals surface area contributed by atoms with Crippen molar-refractivity contribution in [2.24, 2.45) is 0 Å². The first-order valence-corrected chi connectivity index (χ1v) is 4.55. The molecule has 0 spiro atoms. The lowest BCUT2D eigenvalue weighted by atomic mass is 10.2. The van der Waals surface area contributed by atoms with Crippen LogP contribution >= 0.6 is 11.6 Å². The van der Waals surface area contributed by atoms with Crippen LogP contribution in [0.4, 0.5) is 0 Å². The van der Waals surface area contributed by atoms with Crippen LogP contribution in [0.1, 0.15) is 12.5 Å². The van der Waals surface area contributed by atoms with Gasteiger partial charge >= 0.3 is 0 Å². The molecule has 1 aromatic rings. The zero-order valence-corrected chi connectivity index (χ0v) is 8.14. The first-order valence-electron chi connectivity index (χ1n) is 4.01. The number of halogens is 1. The van der Waals surface area contributed by atoms with Crippen molar-refractivity contribution in [2.75, 3.05) is 5.88 Å². The molecule has 0 aromatic heterocycles. The van der Waals surface area contributed by atoms with Crippen LogP contribution in [-0.4, -0.2) is 12.0 Å². The third-order valence-corrected chi connectivity index (χ3v) is 1.98. The number of alkyl halides is 1. The molecule has 0 aliphatic rings. The van der Waals surface area contributed by atoms with Gasteiger partial charge in [0.25, 0.3) is 0 Å². The first kappa shape index (κ1) is 9.40. The molecule has 12 heavy (non-hydrogen) atoms. The first-order chi connectivity index (χ1) is 5.72. The summed E-state index contributed by atoms with van der Waals surface area (Å²) in [7, 11) is 0. The monoisotopic (exact) mass is 184 g/mol. The maximum Gasteiger partial charge on any atom is 0.120 e. The molecule has 0 heterocycles. The van der Waals surface area contributed by atoms with Crippen LogP contribution in [-0.2, 0) is 0 Å². The topological polar surface area (TPSA) is 9.23 Å². The Morgan fingerprint density at radius 1 is 1.50 bits per heavy atom. The highest BCUT2D eigenvalue weighted by Gasteiger charge is 2.00. The van der Waals surface area contributed by atoms with Crippen molar-refractivity contribution in [2.45, 2.75) is 20.0 Å². The Kier molecular flexibility index (Phi) is 3.42. The van der Waals surface area contributed by atoms with E-state index in [4.69, 9.17) is 16.3 Å². The maximum atomic E-state index is 5.62. The fraction of sp³-hybridized carbons (Fsp3) is 0.400. The van der Waals surface area contributed by atoms with Crippen molar-refractivity contribution in [1.82, 2.24) is 0 Å². The standard InChI is InChI=1S/C10H13ClO/c1-8-4-3-5-10(6-8)12-9(2)7-11/h3-6,9H,7H2,1-2H3. The molecule has 0 fully saturated rings. The SMILES string of the molecule is Cc1cccc(OC(C)CCl)c1. The van der Waals surface area contributed by atoms with Gasteiger partial charge in [-0.3, -0.25) is 0 Å². The number of rotatable bonds is 3. The molecule has 1 aromatic carbocycles. The van der Waals surface area contributed by atoms with Crippen LogP contribution in [0.15, 0.2) is 24.3 Å². The van der Waals surface area contributed by atoms with Gasteiger partial charge < -0.3 is 4.74 Å². The molecule has 0 aliphatic carbocycles. The minimum Gasteiger partial charge on any atom is -0.489 e. The highest BCUT2D eigenvalue weighted by molar-refractivity contribution is 6.18. The van der Waals surface area contributed by atoms with E-state index < -0.39 is 0 Å². The van der Waals surface area contributed by atoms with Crippen LogP contribution in [0.25, 0.3) is 0 Å². The summed E-state index contributed by atoms with van der Waals surface area (Å²) in [6.07, 6.45) is 0.0773. The number of hydrogen-bond donors (Lipinski definition) is 0. The van der Waals surface area contributed by atoms with Crippen LogP contribution in [0, 0.1) is 6.92 Å². The van der Waals surface area contributed by atoms with Gasteiger partial charge in [-0.25, -0.2) is 0 Å². The maximum absolute atomic E-state index is 5.62. The van der Waals surface area contributed by atoms with E-state index >= 15 is 0 Å². The summed E-state index contributed by atoms with van der Waals surface area (Å²) in [6, 6.07) is 7.96. The second-order valence-corrected chi connectivity index (χ2v) is 3.21. The van der Waals surface area contributed by atoms with Crippen LogP contribution in [0.3, 0.4) is 0 Å². The Balaban J connectivity index is 2.63. The number of benzene rings is 1. The highest BCUT2D eigenvalue weighted by atomic mass is 35.5. The molecule has 1 unspecified atom stereocenters. The van der Waals surface area contributed by atoms with E-state index in [1.54, 1.807) is 0 Å². The average molecular weight is 185 g/mol. The molecule has 0 aliphatic heterocycles. The van der Waals surface area contributed by atoms with E-state index in [0.29, 0.717) is 5.88 Å².